The Morgan fingerprint density at radius 3 is 1.86 bits per heavy atom. The molecule has 0 nitrogen and oxygen atoms in total. The molecule has 2 aliphatic carbocycles. The van der Waals surface area contributed by atoms with E-state index in [4.69, 9.17) is 0 Å². The molecule has 0 fully saturated rings. The monoisotopic (exact) mass is 190 g/mol. The molecule has 0 N–H and O–H groups in total. The van der Waals surface area contributed by atoms with Crippen LogP contribution in [0.5, 0.6) is 0 Å². The third kappa shape index (κ3) is 1.00. The Kier molecular flexibility index (Phi) is 2.13. The van der Waals surface area contributed by atoms with Crippen molar-refractivity contribution in [1.82, 2.24) is 0 Å². The standard InChI is InChI=1S/C14H22/c1-7-9(3)13-11(5)8(2)12(6)14(13)10(7)4/h7,9,11,13H,1-6H3/t7?,9-,11+,13?/m1/s1. The molecule has 2 rings (SSSR count). The third-order valence-corrected chi connectivity index (χ3v) is 5.01. The number of hydrogen-bond acceptors (Lipinski definition) is 0. The van der Waals surface area contributed by atoms with Crippen LogP contribution in [-0.2, 0) is 0 Å². The van der Waals surface area contributed by atoms with Gasteiger partial charge >= 0.3 is 0 Å². The van der Waals surface area contributed by atoms with Gasteiger partial charge in [0.05, 0.1) is 0 Å². The molecule has 14 heavy (non-hydrogen) atoms. The minimum atomic E-state index is 0.778. The molecule has 0 spiro atoms. The van der Waals surface area contributed by atoms with E-state index in [2.05, 4.69) is 41.5 Å². The summed E-state index contributed by atoms with van der Waals surface area (Å²) in [5, 5.41) is 0. The molecule has 0 aromatic heterocycles. The molecule has 2 aliphatic rings. The SMILES string of the molecule is CC1=C(C)[C@H](C)C2C1=C(C)C(C)[C@H]2C. The van der Waals surface area contributed by atoms with Crippen molar-refractivity contribution >= 4 is 0 Å². The summed E-state index contributed by atoms with van der Waals surface area (Å²) in [7, 11) is 0. The van der Waals surface area contributed by atoms with Gasteiger partial charge in [0.1, 0.15) is 0 Å². The molecule has 0 bridgehead atoms. The Bertz CT molecular complexity index is 330. The molecule has 0 aromatic rings. The fourth-order valence-corrected chi connectivity index (χ4v) is 3.55. The van der Waals surface area contributed by atoms with Gasteiger partial charge in [0.2, 0.25) is 0 Å². The van der Waals surface area contributed by atoms with E-state index in [0.717, 1.165) is 23.7 Å². The molecule has 0 radical (unpaired) electrons. The molecule has 0 heterocycles. The summed E-state index contributed by atoms with van der Waals surface area (Å²) in [4.78, 5) is 0. The first kappa shape index (κ1) is 10.0. The first-order valence-electron chi connectivity index (χ1n) is 5.85. The molecular weight excluding hydrogens is 168 g/mol. The van der Waals surface area contributed by atoms with E-state index in [1.54, 1.807) is 22.3 Å². The second-order valence-corrected chi connectivity index (χ2v) is 5.37. The zero-order valence-electron chi connectivity index (χ0n) is 10.3. The highest BCUT2D eigenvalue weighted by Gasteiger charge is 2.43. The van der Waals surface area contributed by atoms with Crippen LogP contribution in [0.25, 0.3) is 0 Å². The normalized spacial score (nSPS) is 42.4. The van der Waals surface area contributed by atoms with Crippen LogP contribution in [0.3, 0.4) is 0 Å². The maximum Gasteiger partial charge on any atom is -0.00654 e. The van der Waals surface area contributed by atoms with Crippen molar-refractivity contribution in [3.63, 3.8) is 0 Å². The summed E-state index contributed by atoms with van der Waals surface area (Å²) in [6.45, 7) is 14.2. The summed E-state index contributed by atoms with van der Waals surface area (Å²) >= 11 is 0. The van der Waals surface area contributed by atoms with Gasteiger partial charge in [-0.3, -0.25) is 0 Å². The minimum Gasteiger partial charge on any atom is -0.0667 e. The number of hydrogen-bond donors (Lipinski definition) is 0. The van der Waals surface area contributed by atoms with Crippen molar-refractivity contribution < 1.29 is 0 Å². The molecular formula is C14H22. The van der Waals surface area contributed by atoms with Crippen molar-refractivity contribution in [3.05, 3.63) is 22.3 Å². The lowest BCUT2D eigenvalue weighted by atomic mass is 9.81. The Morgan fingerprint density at radius 1 is 0.786 bits per heavy atom. The highest BCUT2D eigenvalue weighted by molar-refractivity contribution is 5.49. The van der Waals surface area contributed by atoms with Crippen LogP contribution in [0, 0.1) is 23.7 Å². The van der Waals surface area contributed by atoms with E-state index in [1.807, 2.05) is 0 Å². The van der Waals surface area contributed by atoms with Crippen molar-refractivity contribution in [2.45, 2.75) is 41.5 Å². The van der Waals surface area contributed by atoms with Crippen molar-refractivity contribution in [2.24, 2.45) is 23.7 Å². The van der Waals surface area contributed by atoms with Gasteiger partial charge in [-0.25, -0.2) is 0 Å². The van der Waals surface area contributed by atoms with Crippen LogP contribution in [-0.4, -0.2) is 0 Å². The van der Waals surface area contributed by atoms with Crippen LogP contribution >= 0.6 is 0 Å². The summed E-state index contributed by atoms with van der Waals surface area (Å²) in [5.41, 5.74) is 6.58. The molecule has 0 amide bonds. The van der Waals surface area contributed by atoms with Gasteiger partial charge < -0.3 is 0 Å². The van der Waals surface area contributed by atoms with Gasteiger partial charge in [0, 0.05) is 0 Å². The summed E-state index contributed by atoms with van der Waals surface area (Å²) in [6.07, 6.45) is 0. The second kappa shape index (κ2) is 2.98. The molecule has 0 aliphatic heterocycles. The number of rotatable bonds is 0. The number of fused-ring (bicyclic) bond motifs is 1. The lowest BCUT2D eigenvalue weighted by Crippen LogP contribution is -2.17. The van der Waals surface area contributed by atoms with Crippen LogP contribution in [0.1, 0.15) is 41.5 Å². The fourth-order valence-electron chi connectivity index (χ4n) is 3.55. The molecule has 0 saturated heterocycles. The van der Waals surface area contributed by atoms with Crippen LogP contribution < -0.4 is 0 Å². The summed E-state index contributed by atoms with van der Waals surface area (Å²) in [6, 6.07) is 0. The van der Waals surface area contributed by atoms with Crippen molar-refractivity contribution in [1.29, 1.82) is 0 Å². The first-order chi connectivity index (χ1) is 6.46. The zero-order valence-corrected chi connectivity index (χ0v) is 10.3. The van der Waals surface area contributed by atoms with Gasteiger partial charge in [-0.05, 0) is 55.6 Å². The van der Waals surface area contributed by atoms with Crippen LogP contribution in [0.4, 0.5) is 0 Å². The molecule has 78 valence electrons. The lowest BCUT2D eigenvalue weighted by molar-refractivity contribution is 0.320. The van der Waals surface area contributed by atoms with E-state index in [9.17, 15) is 0 Å². The van der Waals surface area contributed by atoms with Crippen LogP contribution in [0.15, 0.2) is 22.3 Å². The summed E-state index contributed by atoms with van der Waals surface area (Å²) in [5.74, 6) is 3.23. The predicted molar refractivity (Wildman–Crippen MR) is 62.1 cm³/mol. The lowest BCUT2D eigenvalue weighted by Gasteiger charge is -2.23. The third-order valence-electron chi connectivity index (χ3n) is 5.01. The smallest absolute Gasteiger partial charge is 0.00654 e. The molecule has 0 heteroatoms. The topological polar surface area (TPSA) is 0 Å². The average Bonchev–Trinajstić information content (AvgIpc) is 2.51. The molecule has 0 aromatic carbocycles. The van der Waals surface area contributed by atoms with E-state index in [-0.39, 0.29) is 0 Å². The Hall–Kier alpha value is -0.520. The van der Waals surface area contributed by atoms with E-state index < -0.39 is 0 Å². The van der Waals surface area contributed by atoms with Crippen LogP contribution in [0.2, 0.25) is 0 Å². The molecule has 4 atom stereocenters. The second-order valence-electron chi connectivity index (χ2n) is 5.37. The Labute approximate surface area is 88.1 Å². The van der Waals surface area contributed by atoms with Gasteiger partial charge in [-0.2, -0.15) is 0 Å². The van der Waals surface area contributed by atoms with Gasteiger partial charge in [-0.1, -0.05) is 31.9 Å². The molecule has 2 unspecified atom stereocenters. The average molecular weight is 190 g/mol. The van der Waals surface area contributed by atoms with E-state index in [1.165, 1.54) is 0 Å². The van der Waals surface area contributed by atoms with Gasteiger partial charge in [0.15, 0.2) is 0 Å². The predicted octanol–water partition coefficient (Wildman–Crippen LogP) is 4.19. The Balaban J connectivity index is 2.53. The van der Waals surface area contributed by atoms with Crippen molar-refractivity contribution in [3.8, 4) is 0 Å². The summed E-state index contributed by atoms with van der Waals surface area (Å²) < 4.78 is 0. The maximum absolute atomic E-state index is 2.42. The van der Waals surface area contributed by atoms with Gasteiger partial charge in [-0.15, -0.1) is 0 Å². The first-order valence-corrected chi connectivity index (χ1v) is 5.85. The zero-order chi connectivity index (χ0) is 10.6. The highest BCUT2D eigenvalue weighted by Crippen LogP contribution is 2.54. The minimum absolute atomic E-state index is 0.778. The Morgan fingerprint density at radius 2 is 1.36 bits per heavy atom. The number of allylic oxidation sites excluding steroid dienone is 4. The largest absolute Gasteiger partial charge is 0.0667 e. The molecule has 0 saturated carbocycles. The van der Waals surface area contributed by atoms with E-state index >= 15 is 0 Å². The van der Waals surface area contributed by atoms with Crippen molar-refractivity contribution in [2.75, 3.05) is 0 Å². The van der Waals surface area contributed by atoms with E-state index in [0.29, 0.717) is 0 Å². The fraction of sp³-hybridized carbons (Fsp3) is 0.714. The highest BCUT2D eigenvalue weighted by atomic mass is 14.5. The maximum atomic E-state index is 2.42. The van der Waals surface area contributed by atoms with Gasteiger partial charge in [0.25, 0.3) is 0 Å². The quantitative estimate of drug-likeness (QED) is 0.537.